The van der Waals surface area contributed by atoms with Crippen LogP contribution < -0.4 is 0 Å². The summed E-state index contributed by atoms with van der Waals surface area (Å²) in [6.07, 6.45) is 1.39. The first-order valence-electron chi connectivity index (χ1n) is 11.8. The molecule has 0 N–H and O–H groups in total. The van der Waals surface area contributed by atoms with Crippen molar-refractivity contribution in [3.05, 3.63) is 110 Å². The molecule has 184 valence electrons. The van der Waals surface area contributed by atoms with Gasteiger partial charge in [-0.3, -0.25) is 4.79 Å². The highest BCUT2D eigenvalue weighted by Crippen LogP contribution is 2.50. The Morgan fingerprint density at radius 3 is 2.36 bits per heavy atom. The number of nitrogens with zero attached hydrogens (tertiary/aromatic N) is 1. The molecule has 0 aromatic heterocycles. The van der Waals surface area contributed by atoms with Crippen molar-refractivity contribution in [2.75, 3.05) is 6.54 Å². The Bertz CT molecular complexity index is 1340. The van der Waals surface area contributed by atoms with E-state index in [1.165, 1.54) is 0 Å². The lowest BCUT2D eigenvalue weighted by Gasteiger charge is -2.35. The molecule has 0 saturated carbocycles. The molecule has 0 bridgehead atoms. The first-order valence-corrected chi connectivity index (χ1v) is 13.4. The Balaban J connectivity index is 1.56. The van der Waals surface area contributed by atoms with Gasteiger partial charge < -0.3 is 9.64 Å². The van der Waals surface area contributed by atoms with Crippen molar-refractivity contribution in [3.8, 4) is 0 Å². The SMILES string of the molecule is CCC1=C(c2cc(Cl)cc(Cl)c2)C(=O)N2CC(OC(=O)c3ccccc3)CC12Cc1ccc(Br)cc1. The summed E-state index contributed by atoms with van der Waals surface area (Å²) in [4.78, 5) is 28.7. The number of carbonyl (C=O) groups excluding carboxylic acids is 2. The van der Waals surface area contributed by atoms with Gasteiger partial charge in [0.2, 0.25) is 0 Å². The van der Waals surface area contributed by atoms with Crippen LogP contribution in [0.3, 0.4) is 0 Å². The third kappa shape index (κ3) is 4.60. The number of amides is 1. The van der Waals surface area contributed by atoms with Crippen molar-refractivity contribution in [1.82, 2.24) is 4.90 Å². The zero-order valence-electron chi connectivity index (χ0n) is 19.6. The second kappa shape index (κ2) is 10.0. The van der Waals surface area contributed by atoms with Crippen LogP contribution in [-0.2, 0) is 16.0 Å². The summed E-state index contributed by atoms with van der Waals surface area (Å²) < 4.78 is 6.92. The first kappa shape index (κ1) is 25.1. The standard InChI is InChI=1S/C29H24BrCl2NO3/c1-2-25-26(20-12-22(31)14-23(32)13-20)27(34)33-17-24(36-28(35)19-6-4-3-5-7-19)16-29(25,33)15-18-8-10-21(30)11-9-18/h3-14,24H,2,15-17H2,1H3. The predicted molar refractivity (Wildman–Crippen MR) is 146 cm³/mol. The number of hydrogen-bond donors (Lipinski definition) is 0. The van der Waals surface area contributed by atoms with E-state index in [1.807, 2.05) is 35.2 Å². The first-order chi connectivity index (χ1) is 17.3. The summed E-state index contributed by atoms with van der Waals surface area (Å²) in [7, 11) is 0. The van der Waals surface area contributed by atoms with E-state index in [0.29, 0.717) is 47.0 Å². The van der Waals surface area contributed by atoms with E-state index in [2.05, 4.69) is 35.0 Å². The third-order valence-corrected chi connectivity index (χ3v) is 7.95. The number of rotatable bonds is 6. The molecule has 3 aromatic carbocycles. The van der Waals surface area contributed by atoms with Crippen molar-refractivity contribution >= 4 is 56.6 Å². The maximum absolute atomic E-state index is 14.0. The number of hydrogen-bond acceptors (Lipinski definition) is 3. The summed E-state index contributed by atoms with van der Waals surface area (Å²) in [6, 6.07) is 22.3. The normalized spacial score (nSPS) is 21.2. The highest BCUT2D eigenvalue weighted by molar-refractivity contribution is 9.10. The lowest BCUT2D eigenvalue weighted by Crippen LogP contribution is -2.45. The average Bonchev–Trinajstić information content (AvgIpc) is 3.31. The van der Waals surface area contributed by atoms with Crippen LogP contribution in [0.4, 0.5) is 0 Å². The summed E-state index contributed by atoms with van der Waals surface area (Å²) in [5, 5.41) is 0.967. The van der Waals surface area contributed by atoms with Crippen LogP contribution in [0.25, 0.3) is 5.57 Å². The minimum absolute atomic E-state index is 0.0828. The summed E-state index contributed by atoms with van der Waals surface area (Å²) in [5.41, 5.74) is 3.38. The molecule has 2 aliphatic rings. The fourth-order valence-electron chi connectivity index (χ4n) is 5.58. The van der Waals surface area contributed by atoms with Crippen LogP contribution in [0.5, 0.6) is 0 Å². The molecule has 2 aliphatic heterocycles. The fraction of sp³-hybridized carbons (Fsp3) is 0.241. The zero-order valence-corrected chi connectivity index (χ0v) is 22.7. The minimum Gasteiger partial charge on any atom is -0.457 e. The second-order valence-corrected chi connectivity index (χ2v) is 11.0. The van der Waals surface area contributed by atoms with Gasteiger partial charge in [0.05, 0.1) is 17.6 Å². The van der Waals surface area contributed by atoms with Crippen LogP contribution in [0.2, 0.25) is 10.0 Å². The average molecular weight is 585 g/mol. The molecule has 1 amide bonds. The molecule has 36 heavy (non-hydrogen) atoms. The van der Waals surface area contributed by atoms with Gasteiger partial charge in [0.15, 0.2) is 0 Å². The Hall–Kier alpha value is -2.60. The van der Waals surface area contributed by atoms with Crippen LogP contribution in [0.1, 0.15) is 41.3 Å². The van der Waals surface area contributed by atoms with Gasteiger partial charge in [0, 0.05) is 26.5 Å². The quantitative estimate of drug-likeness (QED) is 0.284. The van der Waals surface area contributed by atoms with Crippen LogP contribution >= 0.6 is 39.1 Å². The van der Waals surface area contributed by atoms with E-state index >= 15 is 0 Å². The van der Waals surface area contributed by atoms with E-state index in [0.717, 1.165) is 21.2 Å². The predicted octanol–water partition coefficient (Wildman–Crippen LogP) is 7.37. The molecule has 1 saturated heterocycles. The molecule has 1 fully saturated rings. The Kier molecular flexibility index (Phi) is 6.99. The highest BCUT2D eigenvalue weighted by atomic mass is 79.9. The fourth-order valence-corrected chi connectivity index (χ4v) is 6.37. The van der Waals surface area contributed by atoms with Gasteiger partial charge in [-0.25, -0.2) is 4.79 Å². The van der Waals surface area contributed by atoms with Crippen molar-refractivity contribution in [1.29, 1.82) is 0 Å². The van der Waals surface area contributed by atoms with Crippen molar-refractivity contribution in [2.45, 2.75) is 37.8 Å². The number of fused-ring (bicyclic) bond motifs is 1. The van der Waals surface area contributed by atoms with Gasteiger partial charge in [-0.15, -0.1) is 0 Å². The number of benzene rings is 3. The molecule has 0 aliphatic carbocycles. The number of esters is 1. The van der Waals surface area contributed by atoms with E-state index < -0.39 is 11.6 Å². The van der Waals surface area contributed by atoms with Gasteiger partial charge in [-0.1, -0.05) is 76.4 Å². The van der Waals surface area contributed by atoms with Crippen molar-refractivity contribution < 1.29 is 14.3 Å². The molecule has 2 heterocycles. The maximum Gasteiger partial charge on any atom is 0.338 e. The van der Waals surface area contributed by atoms with Crippen molar-refractivity contribution in [2.24, 2.45) is 0 Å². The number of carbonyl (C=O) groups is 2. The Morgan fingerprint density at radius 1 is 1.06 bits per heavy atom. The van der Waals surface area contributed by atoms with Gasteiger partial charge in [0.25, 0.3) is 5.91 Å². The minimum atomic E-state index is -0.606. The van der Waals surface area contributed by atoms with Gasteiger partial charge >= 0.3 is 5.97 Å². The molecule has 2 atom stereocenters. The molecule has 2 unspecified atom stereocenters. The third-order valence-electron chi connectivity index (χ3n) is 6.99. The molecule has 4 nitrogen and oxygen atoms in total. The Labute approximate surface area is 229 Å². The van der Waals surface area contributed by atoms with E-state index in [4.69, 9.17) is 27.9 Å². The highest BCUT2D eigenvalue weighted by Gasteiger charge is 2.57. The number of ether oxygens (including phenoxy) is 1. The largest absolute Gasteiger partial charge is 0.457 e. The van der Waals surface area contributed by atoms with Crippen molar-refractivity contribution in [3.63, 3.8) is 0 Å². The summed E-state index contributed by atoms with van der Waals surface area (Å²) in [5.74, 6) is -0.461. The molecule has 3 aromatic rings. The molecule has 0 spiro atoms. The monoisotopic (exact) mass is 583 g/mol. The number of halogens is 3. The van der Waals surface area contributed by atoms with Gasteiger partial charge in [0.1, 0.15) is 6.10 Å². The molecule has 5 rings (SSSR count). The van der Waals surface area contributed by atoms with Gasteiger partial charge in [-0.05, 0) is 72.0 Å². The Morgan fingerprint density at radius 2 is 1.72 bits per heavy atom. The maximum atomic E-state index is 14.0. The van der Waals surface area contributed by atoms with E-state index in [9.17, 15) is 9.59 Å². The summed E-state index contributed by atoms with van der Waals surface area (Å²) >= 11 is 16.1. The molecular weight excluding hydrogens is 561 g/mol. The van der Waals surface area contributed by atoms with Crippen LogP contribution in [0.15, 0.2) is 82.8 Å². The summed E-state index contributed by atoms with van der Waals surface area (Å²) in [6.45, 7) is 2.39. The van der Waals surface area contributed by atoms with Crippen LogP contribution in [-0.4, -0.2) is 35.0 Å². The zero-order chi connectivity index (χ0) is 25.4. The molecule has 0 radical (unpaired) electrons. The van der Waals surface area contributed by atoms with Crippen LogP contribution in [0, 0.1) is 0 Å². The topological polar surface area (TPSA) is 46.6 Å². The van der Waals surface area contributed by atoms with E-state index in [1.54, 1.807) is 30.3 Å². The lowest BCUT2D eigenvalue weighted by molar-refractivity contribution is -0.126. The second-order valence-electron chi connectivity index (χ2n) is 9.21. The van der Waals surface area contributed by atoms with Gasteiger partial charge in [-0.2, -0.15) is 0 Å². The molecular formula is C29H24BrCl2NO3. The lowest BCUT2D eigenvalue weighted by atomic mass is 9.79. The molecule has 7 heteroatoms. The smallest absolute Gasteiger partial charge is 0.338 e. The van der Waals surface area contributed by atoms with E-state index in [-0.39, 0.29) is 11.9 Å².